The van der Waals surface area contributed by atoms with Crippen LogP contribution in [0.25, 0.3) is 0 Å². The smallest absolute Gasteiger partial charge is 0.136 e. The molecule has 15 heavy (non-hydrogen) atoms. The van der Waals surface area contributed by atoms with E-state index in [1.807, 2.05) is 42.5 Å². The third-order valence-corrected chi connectivity index (χ3v) is 2.47. The Labute approximate surface area is 89.0 Å². The predicted molar refractivity (Wildman–Crippen MR) is 59.3 cm³/mol. The lowest BCUT2D eigenvalue weighted by molar-refractivity contribution is -0.411. The molecule has 0 aliphatic carbocycles. The van der Waals surface area contributed by atoms with Crippen molar-refractivity contribution in [2.45, 2.75) is 6.04 Å². The van der Waals surface area contributed by atoms with Crippen LogP contribution in [0.15, 0.2) is 54.6 Å². The van der Waals surface area contributed by atoms with Gasteiger partial charge >= 0.3 is 0 Å². The minimum Gasteiger partial charge on any atom is -0.508 e. The molecule has 0 heterocycles. The van der Waals surface area contributed by atoms with Gasteiger partial charge in [0.2, 0.25) is 0 Å². The average molecular weight is 200 g/mol. The largest absolute Gasteiger partial charge is 0.508 e. The van der Waals surface area contributed by atoms with Crippen LogP contribution in [-0.2, 0) is 0 Å². The summed E-state index contributed by atoms with van der Waals surface area (Å²) in [5.74, 6) is 0.289. The van der Waals surface area contributed by atoms with Crippen LogP contribution in [0.2, 0.25) is 0 Å². The SMILES string of the molecule is [NH3+]C(c1ccccc1)c1cccc(O)c1. The Morgan fingerprint density at radius 1 is 0.867 bits per heavy atom. The topological polar surface area (TPSA) is 47.9 Å². The van der Waals surface area contributed by atoms with Crippen LogP contribution >= 0.6 is 0 Å². The standard InChI is InChI=1S/C13H13NO/c14-13(10-5-2-1-3-6-10)11-7-4-8-12(15)9-11/h1-9,13,15H,14H2/p+1. The molecule has 2 rings (SSSR count). The number of hydrogen-bond acceptors (Lipinski definition) is 1. The highest BCUT2D eigenvalue weighted by molar-refractivity contribution is 5.34. The molecule has 0 aliphatic rings. The molecule has 2 aromatic rings. The van der Waals surface area contributed by atoms with Crippen molar-refractivity contribution in [2.24, 2.45) is 0 Å². The Morgan fingerprint density at radius 2 is 1.53 bits per heavy atom. The summed E-state index contributed by atoms with van der Waals surface area (Å²) in [6, 6.07) is 17.4. The van der Waals surface area contributed by atoms with Crippen molar-refractivity contribution in [2.75, 3.05) is 0 Å². The molecular weight excluding hydrogens is 186 g/mol. The summed E-state index contributed by atoms with van der Waals surface area (Å²) in [7, 11) is 0. The molecule has 0 aliphatic heterocycles. The summed E-state index contributed by atoms with van der Waals surface area (Å²) in [6.07, 6.45) is 0. The van der Waals surface area contributed by atoms with Gasteiger partial charge in [0, 0.05) is 11.1 Å². The third-order valence-electron chi connectivity index (χ3n) is 2.47. The lowest BCUT2D eigenvalue weighted by atomic mass is 10.00. The molecule has 1 unspecified atom stereocenters. The Kier molecular flexibility index (Phi) is 2.70. The van der Waals surface area contributed by atoms with E-state index in [4.69, 9.17) is 0 Å². The molecule has 2 nitrogen and oxygen atoms in total. The number of rotatable bonds is 2. The molecule has 0 radical (unpaired) electrons. The number of phenolic OH excluding ortho intramolecular Hbond substituents is 1. The number of aromatic hydroxyl groups is 1. The second-order valence-electron chi connectivity index (χ2n) is 3.56. The molecule has 0 bridgehead atoms. The van der Waals surface area contributed by atoms with Gasteiger partial charge in [-0.3, -0.25) is 0 Å². The van der Waals surface area contributed by atoms with Crippen molar-refractivity contribution in [3.63, 3.8) is 0 Å². The second kappa shape index (κ2) is 4.15. The molecule has 2 aromatic carbocycles. The molecule has 4 N–H and O–H groups in total. The van der Waals surface area contributed by atoms with Gasteiger partial charge in [-0.2, -0.15) is 0 Å². The maximum Gasteiger partial charge on any atom is 0.136 e. The summed E-state index contributed by atoms with van der Waals surface area (Å²) in [4.78, 5) is 0. The lowest BCUT2D eigenvalue weighted by Gasteiger charge is -2.09. The fourth-order valence-electron chi connectivity index (χ4n) is 1.62. The predicted octanol–water partition coefficient (Wildman–Crippen LogP) is 1.72. The van der Waals surface area contributed by atoms with E-state index in [0.29, 0.717) is 0 Å². The normalized spacial score (nSPS) is 12.3. The van der Waals surface area contributed by atoms with Crippen molar-refractivity contribution in [3.05, 3.63) is 65.7 Å². The van der Waals surface area contributed by atoms with Gasteiger partial charge < -0.3 is 10.8 Å². The second-order valence-corrected chi connectivity index (χ2v) is 3.56. The van der Waals surface area contributed by atoms with Crippen LogP contribution in [0.3, 0.4) is 0 Å². The van der Waals surface area contributed by atoms with Crippen molar-refractivity contribution in [3.8, 4) is 5.75 Å². The third kappa shape index (κ3) is 2.17. The molecule has 0 saturated carbocycles. The number of hydrogen-bond donors (Lipinski definition) is 2. The van der Waals surface area contributed by atoms with Crippen LogP contribution in [0.5, 0.6) is 5.75 Å². The van der Waals surface area contributed by atoms with E-state index in [2.05, 4.69) is 5.73 Å². The van der Waals surface area contributed by atoms with Crippen molar-refractivity contribution in [1.82, 2.24) is 0 Å². The van der Waals surface area contributed by atoms with Gasteiger partial charge in [0.25, 0.3) is 0 Å². The van der Waals surface area contributed by atoms with E-state index in [1.54, 1.807) is 12.1 Å². The van der Waals surface area contributed by atoms with Crippen LogP contribution < -0.4 is 5.73 Å². The number of benzene rings is 2. The van der Waals surface area contributed by atoms with E-state index in [9.17, 15) is 5.11 Å². The van der Waals surface area contributed by atoms with E-state index >= 15 is 0 Å². The molecule has 0 amide bonds. The Balaban J connectivity index is 2.32. The molecule has 0 saturated heterocycles. The van der Waals surface area contributed by atoms with Crippen LogP contribution in [-0.4, -0.2) is 5.11 Å². The minimum atomic E-state index is 0.0679. The molecule has 2 heteroatoms. The van der Waals surface area contributed by atoms with Gasteiger partial charge in [-0.1, -0.05) is 42.5 Å². The van der Waals surface area contributed by atoms with Crippen LogP contribution in [0.4, 0.5) is 0 Å². The van der Waals surface area contributed by atoms with Gasteiger partial charge in [-0.25, -0.2) is 0 Å². The maximum atomic E-state index is 9.38. The van der Waals surface area contributed by atoms with E-state index in [0.717, 1.165) is 11.1 Å². The zero-order valence-corrected chi connectivity index (χ0v) is 8.43. The highest BCUT2D eigenvalue weighted by atomic mass is 16.3. The highest BCUT2D eigenvalue weighted by Crippen LogP contribution is 2.20. The fraction of sp³-hybridized carbons (Fsp3) is 0.0769. The van der Waals surface area contributed by atoms with Crippen molar-refractivity contribution in [1.29, 1.82) is 0 Å². The van der Waals surface area contributed by atoms with Crippen LogP contribution in [0, 0.1) is 0 Å². The first-order valence-corrected chi connectivity index (χ1v) is 4.94. The van der Waals surface area contributed by atoms with E-state index < -0.39 is 0 Å². The summed E-state index contributed by atoms with van der Waals surface area (Å²) < 4.78 is 0. The van der Waals surface area contributed by atoms with Gasteiger partial charge in [0.15, 0.2) is 0 Å². The maximum absolute atomic E-state index is 9.38. The first-order valence-electron chi connectivity index (χ1n) is 4.94. The lowest BCUT2D eigenvalue weighted by Crippen LogP contribution is -2.53. The first kappa shape index (κ1) is 9.74. The van der Waals surface area contributed by atoms with Gasteiger partial charge in [-0.15, -0.1) is 0 Å². The van der Waals surface area contributed by atoms with Gasteiger partial charge in [-0.05, 0) is 12.1 Å². The minimum absolute atomic E-state index is 0.0679. The Morgan fingerprint density at radius 3 is 2.20 bits per heavy atom. The summed E-state index contributed by atoms with van der Waals surface area (Å²) in [6.45, 7) is 0. The molecule has 0 aromatic heterocycles. The zero-order valence-electron chi connectivity index (χ0n) is 8.43. The van der Waals surface area contributed by atoms with Gasteiger partial charge in [0.1, 0.15) is 11.8 Å². The molecule has 1 atom stereocenters. The summed E-state index contributed by atoms with van der Waals surface area (Å²) in [5.41, 5.74) is 6.29. The van der Waals surface area contributed by atoms with Crippen LogP contribution in [0.1, 0.15) is 17.2 Å². The quantitative estimate of drug-likeness (QED) is 0.762. The fourth-order valence-corrected chi connectivity index (χ4v) is 1.62. The number of phenols is 1. The molecule has 0 fully saturated rings. The van der Waals surface area contributed by atoms with Crippen molar-refractivity contribution < 1.29 is 10.8 Å². The Hall–Kier alpha value is -1.80. The van der Waals surface area contributed by atoms with Gasteiger partial charge in [0.05, 0.1) is 0 Å². The van der Waals surface area contributed by atoms with Crippen molar-refractivity contribution >= 4 is 0 Å². The molecule has 76 valence electrons. The summed E-state index contributed by atoms with van der Waals surface area (Å²) in [5, 5.41) is 9.38. The summed E-state index contributed by atoms with van der Waals surface area (Å²) >= 11 is 0. The Bertz CT molecular complexity index is 439. The number of quaternary nitrogens is 1. The molecular formula is C13H14NO+. The molecule has 0 spiro atoms. The zero-order chi connectivity index (χ0) is 10.7. The monoisotopic (exact) mass is 200 g/mol. The van der Waals surface area contributed by atoms with E-state index in [1.165, 1.54) is 0 Å². The first-order chi connectivity index (χ1) is 7.27. The van der Waals surface area contributed by atoms with E-state index in [-0.39, 0.29) is 11.8 Å². The highest BCUT2D eigenvalue weighted by Gasteiger charge is 2.11. The average Bonchev–Trinajstić information content (AvgIpc) is 2.29.